The molecule has 2 N–H and O–H groups in total. The number of rotatable bonds is 12. The highest BCUT2D eigenvalue weighted by atomic mass is 35.5. The minimum atomic E-state index is -0.543. The van der Waals surface area contributed by atoms with Crippen molar-refractivity contribution < 1.29 is 19.7 Å². The number of hydrogen-bond acceptors (Lipinski definition) is 6. The second-order valence-electron chi connectivity index (χ2n) is 8.69. The van der Waals surface area contributed by atoms with Crippen LogP contribution in [0.25, 0.3) is 0 Å². The first-order valence-corrected chi connectivity index (χ1v) is 12.1. The standard InChI is InChI=1S/C25H34Cl2N2O4/c1-19-12-28(13-24(30)17-32-15-20-2-6-22(26)7-3-20)10-11-29(19)14-25(31)18-33-16-21-4-8-23(27)9-5-21/h2-9,19,24-25,30-31H,10-18H2,1H3/t19-,24-,25+/m1/s1. The summed E-state index contributed by atoms with van der Waals surface area (Å²) in [7, 11) is 0. The number of benzene rings is 2. The molecule has 0 bridgehead atoms. The zero-order valence-corrected chi connectivity index (χ0v) is 20.6. The molecule has 0 unspecified atom stereocenters. The molecule has 2 aromatic carbocycles. The van der Waals surface area contributed by atoms with Crippen molar-refractivity contribution in [1.82, 2.24) is 9.80 Å². The van der Waals surface area contributed by atoms with Gasteiger partial charge in [-0.05, 0) is 42.3 Å². The summed E-state index contributed by atoms with van der Waals surface area (Å²) in [6, 6.07) is 15.3. The summed E-state index contributed by atoms with van der Waals surface area (Å²) in [5.41, 5.74) is 2.06. The average Bonchev–Trinajstić information content (AvgIpc) is 2.78. The van der Waals surface area contributed by atoms with Crippen LogP contribution in [-0.4, -0.2) is 84.2 Å². The van der Waals surface area contributed by atoms with E-state index >= 15 is 0 Å². The molecule has 8 heteroatoms. The van der Waals surface area contributed by atoms with Crippen molar-refractivity contribution in [2.75, 3.05) is 45.9 Å². The molecule has 2 aromatic rings. The fraction of sp³-hybridized carbons (Fsp3) is 0.520. The third-order valence-electron chi connectivity index (χ3n) is 5.75. The van der Waals surface area contributed by atoms with Crippen molar-refractivity contribution in [2.45, 2.75) is 38.4 Å². The Morgan fingerprint density at radius 2 is 1.30 bits per heavy atom. The molecule has 1 aliphatic heterocycles. The summed E-state index contributed by atoms with van der Waals surface area (Å²) in [4.78, 5) is 4.52. The molecule has 0 radical (unpaired) electrons. The Morgan fingerprint density at radius 3 is 1.79 bits per heavy atom. The topological polar surface area (TPSA) is 65.4 Å². The van der Waals surface area contributed by atoms with Gasteiger partial charge >= 0.3 is 0 Å². The van der Waals surface area contributed by atoms with Crippen LogP contribution in [0.15, 0.2) is 48.5 Å². The van der Waals surface area contributed by atoms with Gasteiger partial charge in [0.25, 0.3) is 0 Å². The first-order chi connectivity index (χ1) is 15.9. The molecular formula is C25H34Cl2N2O4. The van der Waals surface area contributed by atoms with Crippen LogP contribution >= 0.6 is 23.2 Å². The van der Waals surface area contributed by atoms with Crippen molar-refractivity contribution in [3.8, 4) is 0 Å². The maximum Gasteiger partial charge on any atom is 0.0900 e. The SMILES string of the molecule is C[C@@H]1CN(C[C@@H](O)COCc2ccc(Cl)cc2)CCN1C[C@H](O)COCc1ccc(Cl)cc1. The van der Waals surface area contributed by atoms with Gasteiger partial charge in [0, 0.05) is 48.8 Å². The number of ether oxygens (including phenoxy) is 2. The molecule has 0 aromatic heterocycles. The van der Waals surface area contributed by atoms with E-state index in [0.29, 0.717) is 49.6 Å². The Morgan fingerprint density at radius 1 is 0.818 bits per heavy atom. The summed E-state index contributed by atoms with van der Waals surface area (Å²) in [6.07, 6.45) is -1.08. The van der Waals surface area contributed by atoms with Crippen LogP contribution in [0.1, 0.15) is 18.1 Å². The van der Waals surface area contributed by atoms with Crippen LogP contribution in [0.3, 0.4) is 0 Å². The van der Waals surface area contributed by atoms with Crippen LogP contribution in [0.5, 0.6) is 0 Å². The smallest absolute Gasteiger partial charge is 0.0900 e. The van der Waals surface area contributed by atoms with E-state index in [0.717, 1.165) is 30.8 Å². The highest BCUT2D eigenvalue weighted by Gasteiger charge is 2.26. The lowest BCUT2D eigenvalue weighted by atomic mass is 10.1. The van der Waals surface area contributed by atoms with Gasteiger partial charge in [-0.1, -0.05) is 47.5 Å². The Balaban J connectivity index is 1.29. The van der Waals surface area contributed by atoms with Crippen molar-refractivity contribution in [2.24, 2.45) is 0 Å². The van der Waals surface area contributed by atoms with E-state index in [1.807, 2.05) is 48.5 Å². The highest BCUT2D eigenvalue weighted by molar-refractivity contribution is 6.30. The van der Waals surface area contributed by atoms with Crippen molar-refractivity contribution in [1.29, 1.82) is 0 Å². The zero-order valence-electron chi connectivity index (χ0n) is 19.1. The predicted octanol–water partition coefficient (Wildman–Crippen LogP) is 3.45. The van der Waals surface area contributed by atoms with Gasteiger partial charge in [0.15, 0.2) is 0 Å². The van der Waals surface area contributed by atoms with Gasteiger partial charge in [0.1, 0.15) is 0 Å². The lowest BCUT2D eigenvalue weighted by molar-refractivity contribution is -0.0264. The van der Waals surface area contributed by atoms with Crippen molar-refractivity contribution >= 4 is 23.2 Å². The summed E-state index contributed by atoms with van der Waals surface area (Å²) in [5, 5.41) is 22.2. The van der Waals surface area contributed by atoms with E-state index in [1.165, 1.54) is 0 Å². The maximum atomic E-state index is 10.4. The number of aliphatic hydroxyl groups is 2. The normalized spacial score (nSPS) is 19.5. The van der Waals surface area contributed by atoms with E-state index in [-0.39, 0.29) is 6.04 Å². The predicted molar refractivity (Wildman–Crippen MR) is 132 cm³/mol. The molecule has 0 aliphatic carbocycles. The van der Waals surface area contributed by atoms with Gasteiger partial charge in [0.2, 0.25) is 0 Å². The van der Waals surface area contributed by atoms with E-state index in [1.54, 1.807) is 0 Å². The zero-order chi connectivity index (χ0) is 23.6. The molecule has 1 heterocycles. The number of hydrogen-bond donors (Lipinski definition) is 2. The first kappa shape index (κ1) is 26.4. The second kappa shape index (κ2) is 13.6. The van der Waals surface area contributed by atoms with E-state index in [2.05, 4.69) is 16.7 Å². The summed E-state index contributed by atoms with van der Waals surface area (Å²) in [5.74, 6) is 0. The van der Waals surface area contributed by atoms with E-state index in [9.17, 15) is 10.2 Å². The molecule has 182 valence electrons. The third-order valence-corrected chi connectivity index (χ3v) is 6.25. The molecular weight excluding hydrogens is 463 g/mol. The number of nitrogens with zero attached hydrogens (tertiary/aromatic N) is 2. The quantitative estimate of drug-likeness (QED) is 0.469. The fourth-order valence-electron chi connectivity index (χ4n) is 3.97. The van der Waals surface area contributed by atoms with Gasteiger partial charge in [-0.15, -0.1) is 0 Å². The van der Waals surface area contributed by atoms with Gasteiger partial charge in [-0.3, -0.25) is 9.80 Å². The highest BCUT2D eigenvalue weighted by Crippen LogP contribution is 2.14. The monoisotopic (exact) mass is 496 g/mol. The maximum absolute atomic E-state index is 10.4. The van der Waals surface area contributed by atoms with E-state index < -0.39 is 12.2 Å². The lowest BCUT2D eigenvalue weighted by Gasteiger charge is -2.41. The average molecular weight is 497 g/mol. The van der Waals surface area contributed by atoms with Crippen LogP contribution < -0.4 is 0 Å². The third kappa shape index (κ3) is 9.51. The molecule has 0 saturated carbocycles. The van der Waals surface area contributed by atoms with Gasteiger partial charge in [-0.25, -0.2) is 0 Å². The first-order valence-electron chi connectivity index (χ1n) is 11.4. The minimum Gasteiger partial charge on any atom is -0.389 e. The Hall–Kier alpha value is -1.22. The fourth-order valence-corrected chi connectivity index (χ4v) is 4.22. The van der Waals surface area contributed by atoms with Crippen molar-refractivity contribution in [3.05, 3.63) is 69.7 Å². The van der Waals surface area contributed by atoms with Crippen LogP contribution in [-0.2, 0) is 22.7 Å². The number of β-amino-alcohol motifs (C(OH)–C–C–N with tert-alkyl or cyclic N) is 2. The van der Waals surface area contributed by atoms with Crippen LogP contribution in [0.2, 0.25) is 10.0 Å². The van der Waals surface area contributed by atoms with E-state index in [4.69, 9.17) is 32.7 Å². The Bertz CT molecular complexity index is 822. The summed E-state index contributed by atoms with van der Waals surface area (Å²) >= 11 is 11.8. The number of halogens is 2. The molecule has 1 fully saturated rings. The second-order valence-corrected chi connectivity index (χ2v) is 9.57. The lowest BCUT2D eigenvalue weighted by Crippen LogP contribution is -2.55. The Kier molecular flexibility index (Phi) is 10.9. The van der Waals surface area contributed by atoms with Gasteiger partial charge < -0.3 is 19.7 Å². The summed E-state index contributed by atoms with van der Waals surface area (Å²) < 4.78 is 11.3. The molecule has 1 aliphatic rings. The van der Waals surface area contributed by atoms with Crippen molar-refractivity contribution in [3.63, 3.8) is 0 Å². The molecule has 6 nitrogen and oxygen atoms in total. The summed E-state index contributed by atoms with van der Waals surface area (Å²) in [6.45, 7) is 7.31. The largest absolute Gasteiger partial charge is 0.389 e. The van der Waals surface area contributed by atoms with Crippen LogP contribution in [0.4, 0.5) is 0 Å². The Labute approximate surface area is 206 Å². The molecule has 1 saturated heterocycles. The molecule has 33 heavy (non-hydrogen) atoms. The minimum absolute atomic E-state index is 0.284. The molecule has 3 rings (SSSR count). The number of aliphatic hydroxyl groups excluding tert-OH is 2. The molecule has 3 atom stereocenters. The molecule has 0 amide bonds. The van der Waals surface area contributed by atoms with Gasteiger partial charge in [-0.2, -0.15) is 0 Å². The number of piperazine rings is 1. The molecule has 0 spiro atoms. The van der Waals surface area contributed by atoms with Gasteiger partial charge in [0.05, 0.1) is 38.6 Å². The van der Waals surface area contributed by atoms with Crippen LogP contribution in [0, 0.1) is 0 Å².